The number of methoxy groups -OCH3 is 1. The number of likely N-dealkylation sites (N-methyl/N-ethyl adjacent to an activating group) is 1. The average molecular weight is 475 g/mol. The lowest BCUT2D eigenvalue weighted by molar-refractivity contribution is -0.116. The highest BCUT2D eigenvalue weighted by Crippen LogP contribution is 2.22. The Morgan fingerprint density at radius 3 is 2.46 bits per heavy atom. The van der Waals surface area contributed by atoms with Gasteiger partial charge in [-0.15, -0.1) is 0 Å². The van der Waals surface area contributed by atoms with Crippen LogP contribution in [0, 0.1) is 5.82 Å². The highest BCUT2D eigenvalue weighted by Gasteiger charge is 2.23. The van der Waals surface area contributed by atoms with E-state index in [2.05, 4.69) is 21.2 Å². The van der Waals surface area contributed by atoms with Gasteiger partial charge in [-0.3, -0.25) is 4.79 Å². The maximum Gasteiger partial charge on any atom is 0.243 e. The van der Waals surface area contributed by atoms with Crippen LogP contribution in [0.4, 0.5) is 10.1 Å². The van der Waals surface area contributed by atoms with Crippen molar-refractivity contribution in [3.8, 4) is 5.75 Å². The van der Waals surface area contributed by atoms with E-state index >= 15 is 0 Å². The Labute approximate surface area is 171 Å². The van der Waals surface area contributed by atoms with Gasteiger partial charge in [-0.05, 0) is 36.4 Å². The van der Waals surface area contributed by atoms with Crippen LogP contribution in [0.3, 0.4) is 0 Å². The molecule has 152 valence electrons. The number of benzene rings is 2. The fraction of sp³-hybridized carbons (Fsp3) is 0.278. The van der Waals surface area contributed by atoms with E-state index in [0.717, 1.165) is 14.8 Å². The summed E-state index contributed by atoms with van der Waals surface area (Å²) in [6.45, 7) is 0.0844. The number of anilines is 1. The van der Waals surface area contributed by atoms with Crippen molar-refractivity contribution in [2.45, 2.75) is 4.90 Å². The second-order valence-corrected chi connectivity index (χ2v) is 8.71. The summed E-state index contributed by atoms with van der Waals surface area (Å²) in [5, 5.41) is 2.47. The van der Waals surface area contributed by atoms with Crippen LogP contribution < -0.4 is 10.1 Å². The number of nitrogens with one attached hydrogen (secondary N) is 1. The molecule has 2 rings (SSSR count). The van der Waals surface area contributed by atoms with Gasteiger partial charge in [-0.1, -0.05) is 15.9 Å². The van der Waals surface area contributed by atoms with Gasteiger partial charge in [0.25, 0.3) is 0 Å². The minimum Gasteiger partial charge on any atom is -0.488 e. The number of carbonyl (C=O) groups is 1. The van der Waals surface area contributed by atoms with Crippen molar-refractivity contribution in [1.29, 1.82) is 0 Å². The SMILES string of the molecule is COCCOc1ccc(NC(=O)CN(C)S(=O)(=O)c2ccc(Br)cc2)cc1F. The molecule has 0 unspecified atom stereocenters. The van der Waals surface area contributed by atoms with Gasteiger partial charge >= 0.3 is 0 Å². The van der Waals surface area contributed by atoms with Crippen molar-refractivity contribution in [2.75, 3.05) is 39.2 Å². The van der Waals surface area contributed by atoms with E-state index < -0.39 is 28.3 Å². The van der Waals surface area contributed by atoms with Gasteiger partial charge in [-0.25, -0.2) is 12.8 Å². The van der Waals surface area contributed by atoms with E-state index in [4.69, 9.17) is 9.47 Å². The number of ether oxygens (including phenoxy) is 2. The molecule has 7 nitrogen and oxygen atoms in total. The molecular weight excluding hydrogens is 455 g/mol. The number of hydrogen-bond donors (Lipinski definition) is 1. The van der Waals surface area contributed by atoms with Crippen LogP contribution in [0.15, 0.2) is 51.8 Å². The molecule has 10 heteroatoms. The second-order valence-electron chi connectivity index (χ2n) is 5.75. The molecule has 0 bridgehead atoms. The Morgan fingerprint density at radius 1 is 1.18 bits per heavy atom. The van der Waals surface area contributed by atoms with Crippen LogP contribution in [0.5, 0.6) is 5.75 Å². The number of sulfonamides is 1. The Balaban J connectivity index is 1.99. The van der Waals surface area contributed by atoms with Crippen molar-refractivity contribution in [3.63, 3.8) is 0 Å². The molecule has 2 aromatic rings. The molecule has 1 N–H and O–H groups in total. The zero-order chi connectivity index (χ0) is 20.7. The van der Waals surface area contributed by atoms with Gasteiger partial charge in [0.05, 0.1) is 18.0 Å². The molecule has 0 aliphatic heterocycles. The molecule has 0 heterocycles. The molecule has 0 aliphatic rings. The van der Waals surface area contributed by atoms with Gasteiger partial charge in [0.2, 0.25) is 15.9 Å². The number of rotatable bonds is 9. The van der Waals surface area contributed by atoms with Gasteiger partial charge in [0.1, 0.15) is 6.61 Å². The normalized spacial score (nSPS) is 11.5. The van der Waals surface area contributed by atoms with Crippen molar-refractivity contribution >= 4 is 37.5 Å². The number of amides is 1. The quantitative estimate of drug-likeness (QED) is 0.564. The Kier molecular flexibility index (Phi) is 7.93. The predicted octanol–water partition coefficient (Wildman–Crippen LogP) is 2.87. The molecule has 0 fully saturated rings. The zero-order valence-electron chi connectivity index (χ0n) is 15.3. The summed E-state index contributed by atoms with van der Waals surface area (Å²) in [7, 11) is -1.02. The van der Waals surface area contributed by atoms with Crippen LogP contribution in [0.25, 0.3) is 0 Å². The smallest absolute Gasteiger partial charge is 0.243 e. The zero-order valence-corrected chi connectivity index (χ0v) is 17.7. The highest BCUT2D eigenvalue weighted by atomic mass is 79.9. The monoisotopic (exact) mass is 474 g/mol. The molecule has 0 saturated carbocycles. The summed E-state index contributed by atoms with van der Waals surface area (Å²) in [5.41, 5.74) is 0.191. The number of halogens is 2. The number of nitrogens with zero attached hydrogens (tertiary/aromatic N) is 1. The summed E-state index contributed by atoms with van der Waals surface area (Å²) in [4.78, 5) is 12.2. The molecule has 0 radical (unpaired) electrons. The lowest BCUT2D eigenvalue weighted by Gasteiger charge is -2.17. The molecule has 28 heavy (non-hydrogen) atoms. The highest BCUT2D eigenvalue weighted by molar-refractivity contribution is 9.10. The summed E-state index contributed by atoms with van der Waals surface area (Å²) < 4.78 is 50.7. The van der Waals surface area contributed by atoms with E-state index in [-0.39, 0.29) is 22.9 Å². The molecule has 0 aromatic heterocycles. The van der Waals surface area contributed by atoms with Crippen molar-refractivity contribution in [3.05, 3.63) is 52.8 Å². The van der Waals surface area contributed by atoms with Gasteiger partial charge in [-0.2, -0.15) is 4.31 Å². The first-order valence-corrected chi connectivity index (χ1v) is 10.4. The maximum atomic E-state index is 14.0. The third-order valence-corrected chi connectivity index (χ3v) is 6.00. The van der Waals surface area contributed by atoms with E-state index in [0.29, 0.717) is 6.61 Å². The molecule has 0 aliphatic carbocycles. The first-order chi connectivity index (χ1) is 13.2. The summed E-state index contributed by atoms with van der Waals surface area (Å²) in [5.74, 6) is -1.22. The van der Waals surface area contributed by atoms with Gasteiger partial charge in [0, 0.05) is 30.4 Å². The fourth-order valence-electron chi connectivity index (χ4n) is 2.20. The van der Waals surface area contributed by atoms with E-state index in [9.17, 15) is 17.6 Å². The van der Waals surface area contributed by atoms with Crippen molar-refractivity contribution in [2.24, 2.45) is 0 Å². The third-order valence-electron chi connectivity index (χ3n) is 3.65. The standard InChI is InChI=1S/C18H20BrFN2O5S/c1-22(28(24,25)15-6-3-13(19)4-7-15)12-18(23)21-14-5-8-17(16(20)11-14)27-10-9-26-2/h3-8,11H,9-10,12H2,1-2H3,(H,21,23). The van der Waals surface area contributed by atoms with E-state index in [1.807, 2.05) is 0 Å². The molecular formula is C18H20BrFN2O5S. The Bertz CT molecular complexity index is 922. The summed E-state index contributed by atoms with van der Waals surface area (Å²) in [6, 6.07) is 10.0. The maximum absolute atomic E-state index is 14.0. The lowest BCUT2D eigenvalue weighted by atomic mass is 10.3. The lowest BCUT2D eigenvalue weighted by Crippen LogP contribution is -2.35. The van der Waals surface area contributed by atoms with Gasteiger partial charge in [0.15, 0.2) is 11.6 Å². The van der Waals surface area contributed by atoms with E-state index in [1.165, 1.54) is 38.4 Å². The fourth-order valence-corrected chi connectivity index (χ4v) is 3.60. The topological polar surface area (TPSA) is 84.9 Å². The number of hydrogen-bond acceptors (Lipinski definition) is 5. The predicted molar refractivity (Wildman–Crippen MR) is 106 cm³/mol. The minimum atomic E-state index is -3.83. The molecule has 2 aromatic carbocycles. The molecule has 0 atom stereocenters. The summed E-state index contributed by atoms with van der Waals surface area (Å²) >= 11 is 3.24. The Hall–Kier alpha value is -2.01. The molecule has 0 spiro atoms. The van der Waals surface area contributed by atoms with Crippen LogP contribution in [0.2, 0.25) is 0 Å². The van der Waals surface area contributed by atoms with Crippen LogP contribution >= 0.6 is 15.9 Å². The third kappa shape index (κ3) is 5.99. The summed E-state index contributed by atoms with van der Waals surface area (Å²) in [6.07, 6.45) is 0. The van der Waals surface area contributed by atoms with Crippen molar-refractivity contribution in [1.82, 2.24) is 4.31 Å². The van der Waals surface area contributed by atoms with Gasteiger partial charge < -0.3 is 14.8 Å². The van der Waals surface area contributed by atoms with E-state index in [1.54, 1.807) is 12.1 Å². The number of carbonyl (C=O) groups excluding carboxylic acids is 1. The van der Waals surface area contributed by atoms with Crippen molar-refractivity contribution < 1.29 is 27.1 Å². The first-order valence-electron chi connectivity index (χ1n) is 8.17. The first kappa shape index (κ1) is 22.3. The minimum absolute atomic E-state index is 0.0324. The molecule has 0 saturated heterocycles. The largest absolute Gasteiger partial charge is 0.488 e. The second kappa shape index (κ2) is 9.97. The van der Waals surface area contributed by atoms with Crippen LogP contribution in [-0.2, 0) is 19.6 Å². The van der Waals surface area contributed by atoms with Crippen LogP contribution in [-0.4, -0.2) is 52.5 Å². The molecule has 1 amide bonds. The average Bonchev–Trinajstić information content (AvgIpc) is 2.64. The Morgan fingerprint density at radius 2 is 1.86 bits per heavy atom. The van der Waals surface area contributed by atoms with Crippen LogP contribution in [0.1, 0.15) is 0 Å².